The van der Waals surface area contributed by atoms with Gasteiger partial charge in [0.05, 0.1) is 5.69 Å². The largest absolute Gasteiger partial charge is 0.348 e. The van der Waals surface area contributed by atoms with Gasteiger partial charge in [0.25, 0.3) is 0 Å². The zero-order valence-electron chi connectivity index (χ0n) is 10.7. The van der Waals surface area contributed by atoms with Crippen LogP contribution in [0.2, 0.25) is 0 Å². The highest BCUT2D eigenvalue weighted by molar-refractivity contribution is 5.23. The van der Waals surface area contributed by atoms with Crippen LogP contribution in [-0.4, -0.2) is 9.97 Å². The lowest BCUT2D eigenvalue weighted by molar-refractivity contribution is 1.000. The van der Waals surface area contributed by atoms with E-state index in [1.165, 1.54) is 11.1 Å². The van der Waals surface area contributed by atoms with Crippen LogP contribution in [0.15, 0.2) is 66.9 Å². The Hall–Kier alpha value is -2.35. The third-order valence-electron chi connectivity index (χ3n) is 3.13. The standard InChI is InChI=1S/C17H16N2/c1-3-7-14(8-4-1)11-16-13-18-17(19-16)12-15-9-5-2-6-10-15/h1-10,13H,11-12H2,(H,18,19). The number of hydrogen-bond donors (Lipinski definition) is 1. The summed E-state index contributed by atoms with van der Waals surface area (Å²) in [5, 5.41) is 0. The van der Waals surface area contributed by atoms with Crippen molar-refractivity contribution in [3.63, 3.8) is 0 Å². The predicted octanol–water partition coefficient (Wildman–Crippen LogP) is 3.59. The van der Waals surface area contributed by atoms with E-state index in [-0.39, 0.29) is 0 Å². The Labute approximate surface area is 113 Å². The second-order valence-electron chi connectivity index (χ2n) is 4.66. The van der Waals surface area contributed by atoms with Gasteiger partial charge in [-0.3, -0.25) is 0 Å². The van der Waals surface area contributed by atoms with Gasteiger partial charge in [0.1, 0.15) is 5.82 Å². The van der Waals surface area contributed by atoms with Gasteiger partial charge in [-0.15, -0.1) is 0 Å². The number of nitrogens with one attached hydrogen (secondary N) is 1. The highest BCUT2D eigenvalue weighted by Crippen LogP contribution is 2.10. The van der Waals surface area contributed by atoms with Gasteiger partial charge in [0.15, 0.2) is 0 Å². The summed E-state index contributed by atoms with van der Waals surface area (Å²) in [6.07, 6.45) is 3.74. The van der Waals surface area contributed by atoms with Crippen molar-refractivity contribution >= 4 is 0 Å². The summed E-state index contributed by atoms with van der Waals surface area (Å²) >= 11 is 0. The van der Waals surface area contributed by atoms with Gasteiger partial charge in [0, 0.05) is 19.0 Å². The molecule has 1 heterocycles. The molecule has 0 unspecified atom stereocenters. The first-order chi connectivity index (χ1) is 9.40. The molecule has 0 aliphatic heterocycles. The van der Waals surface area contributed by atoms with Crippen molar-refractivity contribution < 1.29 is 0 Å². The Bertz CT molecular complexity index is 571. The van der Waals surface area contributed by atoms with Gasteiger partial charge in [-0.2, -0.15) is 0 Å². The van der Waals surface area contributed by atoms with Crippen LogP contribution in [0.4, 0.5) is 0 Å². The molecule has 1 N–H and O–H groups in total. The van der Waals surface area contributed by atoms with E-state index in [2.05, 4.69) is 58.5 Å². The van der Waals surface area contributed by atoms with Crippen LogP contribution in [0.25, 0.3) is 0 Å². The van der Waals surface area contributed by atoms with Gasteiger partial charge < -0.3 is 4.98 Å². The molecule has 0 aliphatic carbocycles. The average Bonchev–Trinajstić information content (AvgIpc) is 2.88. The molecule has 0 amide bonds. The second kappa shape index (κ2) is 5.53. The van der Waals surface area contributed by atoms with Crippen molar-refractivity contribution in [3.8, 4) is 0 Å². The number of rotatable bonds is 4. The summed E-state index contributed by atoms with van der Waals surface area (Å²) in [5.41, 5.74) is 3.67. The van der Waals surface area contributed by atoms with Gasteiger partial charge in [-0.05, 0) is 11.1 Å². The van der Waals surface area contributed by atoms with Crippen LogP contribution in [-0.2, 0) is 12.8 Å². The molecule has 0 atom stereocenters. The van der Waals surface area contributed by atoms with E-state index in [9.17, 15) is 0 Å². The smallest absolute Gasteiger partial charge is 0.110 e. The Balaban J connectivity index is 1.70. The molecular formula is C17H16N2. The number of hydrogen-bond acceptors (Lipinski definition) is 1. The number of H-pyrrole nitrogens is 1. The maximum Gasteiger partial charge on any atom is 0.110 e. The summed E-state index contributed by atoms with van der Waals surface area (Å²) in [6, 6.07) is 20.8. The van der Waals surface area contributed by atoms with Crippen molar-refractivity contribution in [2.45, 2.75) is 12.8 Å². The lowest BCUT2D eigenvalue weighted by atomic mass is 10.1. The van der Waals surface area contributed by atoms with E-state index in [4.69, 9.17) is 0 Å². The zero-order valence-corrected chi connectivity index (χ0v) is 10.7. The van der Waals surface area contributed by atoms with E-state index in [0.29, 0.717) is 0 Å². The highest BCUT2D eigenvalue weighted by Gasteiger charge is 2.03. The summed E-state index contributed by atoms with van der Waals surface area (Å²) in [7, 11) is 0. The molecule has 2 nitrogen and oxygen atoms in total. The van der Waals surface area contributed by atoms with Crippen LogP contribution in [0.1, 0.15) is 22.6 Å². The minimum absolute atomic E-state index is 0.857. The van der Waals surface area contributed by atoms with Gasteiger partial charge in [-0.25, -0.2) is 4.98 Å². The van der Waals surface area contributed by atoms with Gasteiger partial charge >= 0.3 is 0 Å². The quantitative estimate of drug-likeness (QED) is 0.751. The first-order valence-electron chi connectivity index (χ1n) is 6.51. The van der Waals surface area contributed by atoms with E-state index in [1.807, 2.05) is 18.3 Å². The fourth-order valence-corrected chi connectivity index (χ4v) is 2.18. The second-order valence-corrected chi connectivity index (χ2v) is 4.66. The molecule has 0 fully saturated rings. The molecule has 0 saturated carbocycles. The number of nitrogens with zero attached hydrogens (tertiary/aromatic N) is 1. The van der Waals surface area contributed by atoms with Crippen LogP contribution < -0.4 is 0 Å². The lowest BCUT2D eigenvalue weighted by Crippen LogP contribution is -1.92. The van der Waals surface area contributed by atoms with E-state index < -0.39 is 0 Å². The van der Waals surface area contributed by atoms with Crippen LogP contribution in [0.3, 0.4) is 0 Å². The van der Waals surface area contributed by atoms with Crippen LogP contribution in [0, 0.1) is 0 Å². The summed E-state index contributed by atoms with van der Waals surface area (Å²) in [4.78, 5) is 7.91. The Morgan fingerprint density at radius 3 is 1.95 bits per heavy atom. The normalized spacial score (nSPS) is 10.5. The topological polar surface area (TPSA) is 28.7 Å². The third-order valence-corrected chi connectivity index (χ3v) is 3.13. The molecule has 3 aromatic rings. The van der Waals surface area contributed by atoms with Crippen LogP contribution >= 0.6 is 0 Å². The predicted molar refractivity (Wildman–Crippen MR) is 77.1 cm³/mol. The van der Waals surface area contributed by atoms with Gasteiger partial charge in [-0.1, -0.05) is 60.7 Å². The number of benzene rings is 2. The fraction of sp³-hybridized carbons (Fsp3) is 0.118. The molecule has 0 spiro atoms. The third kappa shape index (κ3) is 3.10. The average molecular weight is 248 g/mol. The van der Waals surface area contributed by atoms with E-state index >= 15 is 0 Å². The first-order valence-corrected chi connectivity index (χ1v) is 6.51. The molecule has 1 aromatic heterocycles. The molecule has 2 aromatic carbocycles. The highest BCUT2D eigenvalue weighted by atomic mass is 14.9. The van der Waals surface area contributed by atoms with E-state index in [1.54, 1.807) is 0 Å². The number of aromatic amines is 1. The molecule has 2 heteroatoms. The molecule has 0 bridgehead atoms. The molecule has 0 saturated heterocycles. The minimum atomic E-state index is 0.857. The Kier molecular flexibility index (Phi) is 3.41. The van der Waals surface area contributed by atoms with Gasteiger partial charge in [0.2, 0.25) is 0 Å². The molecule has 0 radical (unpaired) electrons. The minimum Gasteiger partial charge on any atom is -0.348 e. The summed E-state index contributed by atoms with van der Waals surface area (Å²) in [5.74, 6) is 1.03. The molecule has 3 rings (SSSR count). The van der Waals surface area contributed by atoms with Crippen molar-refractivity contribution in [1.82, 2.24) is 9.97 Å². The molecule has 94 valence electrons. The zero-order chi connectivity index (χ0) is 12.9. The van der Waals surface area contributed by atoms with Crippen molar-refractivity contribution in [1.29, 1.82) is 0 Å². The fourth-order valence-electron chi connectivity index (χ4n) is 2.18. The van der Waals surface area contributed by atoms with Crippen molar-refractivity contribution in [2.75, 3.05) is 0 Å². The van der Waals surface area contributed by atoms with Crippen LogP contribution in [0.5, 0.6) is 0 Å². The lowest BCUT2D eigenvalue weighted by Gasteiger charge is -1.98. The van der Waals surface area contributed by atoms with E-state index in [0.717, 1.165) is 24.4 Å². The SMILES string of the molecule is c1ccc(Cc2c[nH]c(Cc3ccccc3)n2)cc1. The Morgan fingerprint density at radius 2 is 1.32 bits per heavy atom. The number of imidazole rings is 1. The summed E-state index contributed by atoms with van der Waals surface area (Å²) < 4.78 is 0. The molecule has 0 aliphatic rings. The first kappa shape index (κ1) is 11.7. The summed E-state index contributed by atoms with van der Waals surface area (Å²) in [6.45, 7) is 0. The molecule has 19 heavy (non-hydrogen) atoms. The van der Waals surface area contributed by atoms with Crippen molar-refractivity contribution in [3.05, 3.63) is 89.5 Å². The Morgan fingerprint density at radius 1 is 0.737 bits per heavy atom. The molecular weight excluding hydrogens is 232 g/mol. The number of aromatic nitrogens is 2. The monoisotopic (exact) mass is 248 g/mol. The maximum atomic E-state index is 4.65. The maximum absolute atomic E-state index is 4.65. The van der Waals surface area contributed by atoms with Crippen molar-refractivity contribution in [2.24, 2.45) is 0 Å².